The zero-order valence-electron chi connectivity index (χ0n) is 7.83. The van der Waals surface area contributed by atoms with Gasteiger partial charge >= 0.3 is 0 Å². The van der Waals surface area contributed by atoms with Crippen LogP contribution in [0.5, 0.6) is 0 Å². The molecule has 2 N–H and O–H groups in total. The first-order chi connectivity index (χ1) is 5.47. The molecule has 1 heterocycles. The third kappa shape index (κ3) is 2.96. The van der Waals surface area contributed by atoms with Gasteiger partial charge in [-0.3, -0.25) is 9.97 Å². The fourth-order valence-electron chi connectivity index (χ4n) is 0.977. The van der Waals surface area contributed by atoms with Crippen molar-refractivity contribution >= 4 is 0 Å². The number of aromatic nitrogens is 2. The average molecular weight is 165 g/mol. The first-order valence-corrected chi connectivity index (χ1v) is 4.04. The summed E-state index contributed by atoms with van der Waals surface area (Å²) in [6.45, 7) is 5.88. The van der Waals surface area contributed by atoms with Gasteiger partial charge in [0.15, 0.2) is 0 Å². The van der Waals surface area contributed by atoms with E-state index in [1.807, 2.05) is 20.8 Å². The van der Waals surface area contributed by atoms with Crippen LogP contribution in [0.2, 0.25) is 0 Å². The zero-order chi connectivity index (χ0) is 9.19. The van der Waals surface area contributed by atoms with Crippen molar-refractivity contribution in [1.82, 2.24) is 9.97 Å². The van der Waals surface area contributed by atoms with E-state index in [0.717, 1.165) is 17.8 Å². The normalized spacial score (nSPS) is 11.7. The Labute approximate surface area is 73.0 Å². The molecule has 66 valence electrons. The molecule has 0 saturated heterocycles. The molecule has 1 aromatic rings. The number of aryl methyl sites for hydroxylation is 1. The molecule has 0 aliphatic heterocycles. The number of rotatable bonds is 2. The van der Waals surface area contributed by atoms with Crippen molar-refractivity contribution < 1.29 is 0 Å². The van der Waals surface area contributed by atoms with Crippen molar-refractivity contribution in [2.75, 3.05) is 0 Å². The van der Waals surface area contributed by atoms with E-state index in [1.165, 1.54) is 0 Å². The van der Waals surface area contributed by atoms with E-state index in [1.54, 1.807) is 12.4 Å². The molecule has 0 saturated carbocycles. The Balaban J connectivity index is 2.71. The molecule has 3 nitrogen and oxygen atoms in total. The lowest BCUT2D eigenvalue weighted by atomic mass is 10.0. The average Bonchev–Trinajstić information content (AvgIpc) is 1.91. The van der Waals surface area contributed by atoms with E-state index in [2.05, 4.69) is 9.97 Å². The van der Waals surface area contributed by atoms with Crippen LogP contribution in [-0.4, -0.2) is 15.5 Å². The second-order valence-electron chi connectivity index (χ2n) is 3.81. The van der Waals surface area contributed by atoms with Crippen molar-refractivity contribution in [3.8, 4) is 0 Å². The van der Waals surface area contributed by atoms with Gasteiger partial charge in [0, 0.05) is 24.4 Å². The molecule has 0 radical (unpaired) electrons. The maximum absolute atomic E-state index is 5.84. The summed E-state index contributed by atoms with van der Waals surface area (Å²) in [5, 5.41) is 0. The first-order valence-electron chi connectivity index (χ1n) is 4.04. The van der Waals surface area contributed by atoms with Crippen molar-refractivity contribution in [3.05, 3.63) is 23.8 Å². The Morgan fingerprint density at radius 2 is 2.00 bits per heavy atom. The van der Waals surface area contributed by atoms with Gasteiger partial charge in [0.05, 0.1) is 11.4 Å². The summed E-state index contributed by atoms with van der Waals surface area (Å²) in [5.41, 5.74) is 7.52. The smallest absolute Gasteiger partial charge is 0.0604 e. The van der Waals surface area contributed by atoms with E-state index in [0.29, 0.717) is 0 Å². The van der Waals surface area contributed by atoms with E-state index >= 15 is 0 Å². The molecule has 12 heavy (non-hydrogen) atoms. The van der Waals surface area contributed by atoms with Gasteiger partial charge in [-0.25, -0.2) is 0 Å². The molecule has 3 heteroatoms. The minimum Gasteiger partial charge on any atom is -0.325 e. The van der Waals surface area contributed by atoms with Gasteiger partial charge in [-0.1, -0.05) is 0 Å². The van der Waals surface area contributed by atoms with E-state index in [9.17, 15) is 0 Å². The Bertz CT molecular complexity index is 245. The van der Waals surface area contributed by atoms with Crippen molar-refractivity contribution in [1.29, 1.82) is 0 Å². The maximum atomic E-state index is 5.84. The lowest BCUT2D eigenvalue weighted by Crippen LogP contribution is -2.34. The van der Waals surface area contributed by atoms with Gasteiger partial charge < -0.3 is 5.73 Å². The summed E-state index contributed by atoms with van der Waals surface area (Å²) in [6.07, 6.45) is 4.31. The standard InChI is InChI=1S/C9H15N3/c1-7-5-12-8(6-11-7)4-9(2,3)10/h5-6H,4,10H2,1-3H3. The number of hydrogen-bond donors (Lipinski definition) is 1. The van der Waals surface area contributed by atoms with Gasteiger partial charge in [-0.05, 0) is 20.8 Å². The van der Waals surface area contributed by atoms with Gasteiger partial charge in [-0.15, -0.1) is 0 Å². The number of nitrogens with zero attached hydrogens (tertiary/aromatic N) is 2. The molecule has 0 fully saturated rings. The van der Waals surface area contributed by atoms with Gasteiger partial charge in [0.25, 0.3) is 0 Å². The minimum atomic E-state index is -0.204. The quantitative estimate of drug-likeness (QED) is 0.713. The second-order valence-corrected chi connectivity index (χ2v) is 3.81. The molecule has 0 aromatic carbocycles. The summed E-state index contributed by atoms with van der Waals surface area (Å²) >= 11 is 0. The van der Waals surface area contributed by atoms with Crippen LogP contribution in [0.25, 0.3) is 0 Å². The van der Waals surface area contributed by atoms with Crippen LogP contribution in [0.4, 0.5) is 0 Å². The molecular formula is C9H15N3. The predicted octanol–water partition coefficient (Wildman–Crippen LogP) is 1.06. The molecule has 0 bridgehead atoms. The van der Waals surface area contributed by atoms with Crippen LogP contribution in [0.1, 0.15) is 25.2 Å². The van der Waals surface area contributed by atoms with Crippen molar-refractivity contribution in [3.63, 3.8) is 0 Å². The van der Waals surface area contributed by atoms with Crippen molar-refractivity contribution in [2.45, 2.75) is 32.7 Å². The lowest BCUT2D eigenvalue weighted by molar-refractivity contribution is 0.509. The molecular weight excluding hydrogens is 150 g/mol. The number of nitrogens with two attached hydrogens (primary N) is 1. The molecule has 1 aromatic heterocycles. The fourth-order valence-corrected chi connectivity index (χ4v) is 0.977. The molecule has 0 spiro atoms. The molecule has 0 aliphatic carbocycles. The lowest BCUT2D eigenvalue weighted by Gasteiger charge is -2.16. The Morgan fingerprint density at radius 1 is 1.33 bits per heavy atom. The third-order valence-electron chi connectivity index (χ3n) is 1.47. The van der Waals surface area contributed by atoms with Crippen LogP contribution in [-0.2, 0) is 6.42 Å². The van der Waals surface area contributed by atoms with Crippen LogP contribution in [0, 0.1) is 6.92 Å². The summed E-state index contributed by atoms with van der Waals surface area (Å²) in [6, 6.07) is 0. The van der Waals surface area contributed by atoms with E-state index < -0.39 is 0 Å². The predicted molar refractivity (Wildman–Crippen MR) is 48.7 cm³/mol. The van der Waals surface area contributed by atoms with Crippen LogP contribution >= 0.6 is 0 Å². The highest BCUT2D eigenvalue weighted by atomic mass is 14.8. The fraction of sp³-hybridized carbons (Fsp3) is 0.556. The summed E-state index contributed by atoms with van der Waals surface area (Å²) in [7, 11) is 0. The molecule has 0 unspecified atom stereocenters. The first kappa shape index (κ1) is 9.13. The van der Waals surface area contributed by atoms with Gasteiger partial charge in [-0.2, -0.15) is 0 Å². The number of hydrogen-bond acceptors (Lipinski definition) is 3. The molecule has 1 rings (SSSR count). The third-order valence-corrected chi connectivity index (χ3v) is 1.47. The summed E-state index contributed by atoms with van der Waals surface area (Å²) in [4.78, 5) is 8.37. The van der Waals surface area contributed by atoms with Gasteiger partial charge in [0.2, 0.25) is 0 Å². The highest BCUT2D eigenvalue weighted by Gasteiger charge is 2.12. The van der Waals surface area contributed by atoms with Crippen LogP contribution < -0.4 is 5.73 Å². The minimum absolute atomic E-state index is 0.204. The zero-order valence-corrected chi connectivity index (χ0v) is 7.83. The monoisotopic (exact) mass is 165 g/mol. The Morgan fingerprint density at radius 3 is 2.42 bits per heavy atom. The van der Waals surface area contributed by atoms with Crippen molar-refractivity contribution in [2.24, 2.45) is 5.73 Å². The van der Waals surface area contributed by atoms with Crippen LogP contribution in [0.3, 0.4) is 0 Å². The van der Waals surface area contributed by atoms with Gasteiger partial charge in [0.1, 0.15) is 0 Å². The largest absolute Gasteiger partial charge is 0.325 e. The van der Waals surface area contributed by atoms with E-state index in [4.69, 9.17) is 5.73 Å². The maximum Gasteiger partial charge on any atom is 0.0604 e. The second kappa shape index (κ2) is 3.19. The van der Waals surface area contributed by atoms with E-state index in [-0.39, 0.29) is 5.54 Å². The highest BCUT2D eigenvalue weighted by molar-refractivity contribution is 5.03. The SMILES string of the molecule is Cc1cnc(CC(C)(C)N)cn1. The van der Waals surface area contributed by atoms with Crippen LogP contribution in [0.15, 0.2) is 12.4 Å². The molecule has 0 aliphatic rings. The Hall–Kier alpha value is -0.960. The molecule has 0 amide bonds. The summed E-state index contributed by atoms with van der Waals surface area (Å²) < 4.78 is 0. The summed E-state index contributed by atoms with van der Waals surface area (Å²) in [5.74, 6) is 0. The Kier molecular flexibility index (Phi) is 2.43. The molecule has 0 atom stereocenters. The highest BCUT2D eigenvalue weighted by Crippen LogP contribution is 2.05. The topological polar surface area (TPSA) is 51.8 Å².